The molecule has 0 aliphatic rings. The summed E-state index contributed by atoms with van der Waals surface area (Å²) >= 11 is 1.40. The van der Waals surface area contributed by atoms with E-state index < -0.39 is 0 Å². The van der Waals surface area contributed by atoms with Crippen LogP contribution in [-0.4, -0.2) is 20.9 Å². The van der Waals surface area contributed by atoms with E-state index in [4.69, 9.17) is 9.26 Å². The van der Waals surface area contributed by atoms with E-state index in [-0.39, 0.29) is 12.6 Å². The van der Waals surface area contributed by atoms with Crippen molar-refractivity contribution in [3.8, 4) is 0 Å². The average Bonchev–Trinajstić information content (AvgIpc) is 3.33. The van der Waals surface area contributed by atoms with Crippen molar-refractivity contribution in [1.29, 1.82) is 0 Å². The molecule has 3 aromatic heterocycles. The maximum atomic E-state index is 12.4. The van der Waals surface area contributed by atoms with Crippen molar-refractivity contribution >= 4 is 27.5 Å². The third-order valence-corrected chi connectivity index (χ3v) is 5.42. The summed E-state index contributed by atoms with van der Waals surface area (Å²) in [5.74, 6) is 0.327. The minimum Gasteiger partial charge on any atom is -0.455 e. The second-order valence-corrected chi connectivity index (χ2v) is 7.59. The number of thiophene rings is 1. The molecule has 0 saturated carbocycles. The number of nitrogens with zero attached hydrogens (tertiary/aromatic N) is 3. The number of aromatic nitrogens is 3. The van der Waals surface area contributed by atoms with Gasteiger partial charge < -0.3 is 9.26 Å². The standard InChI is InChI=1S/C20H19N3O3S/c1-12-4-6-15(7-5-12)10-23-19-17(14(3)21-23)9-18(27-19)20(24)25-11-16-8-13(2)26-22-16/h4-9H,10-11H2,1-3H3. The third kappa shape index (κ3) is 3.64. The van der Waals surface area contributed by atoms with Crippen LogP contribution in [-0.2, 0) is 17.9 Å². The van der Waals surface area contributed by atoms with Crippen LogP contribution in [0.4, 0.5) is 0 Å². The molecule has 0 spiro atoms. The van der Waals surface area contributed by atoms with E-state index in [2.05, 4.69) is 41.4 Å². The molecule has 6 nitrogen and oxygen atoms in total. The number of rotatable bonds is 5. The molecule has 0 fully saturated rings. The van der Waals surface area contributed by atoms with Crippen LogP contribution in [0.3, 0.4) is 0 Å². The minimum absolute atomic E-state index is 0.0961. The second kappa shape index (κ2) is 7.00. The van der Waals surface area contributed by atoms with Gasteiger partial charge in [-0.3, -0.25) is 4.68 Å². The van der Waals surface area contributed by atoms with E-state index in [1.54, 1.807) is 13.0 Å². The number of esters is 1. The number of carbonyl (C=O) groups excluding carboxylic acids is 1. The van der Waals surface area contributed by atoms with Crippen molar-refractivity contribution < 1.29 is 14.1 Å². The topological polar surface area (TPSA) is 70.2 Å². The summed E-state index contributed by atoms with van der Waals surface area (Å²) in [4.78, 5) is 13.9. The molecule has 0 bridgehead atoms. The predicted octanol–water partition coefficient (Wildman–Crippen LogP) is 4.42. The van der Waals surface area contributed by atoms with Crippen molar-refractivity contribution in [1.82, 2.24) is 14.9 Å². The summed E-state index contributed by atoms with van der Waals surface area (Å²) < 4.78 is 12.3. The van der Waals surface area contributed by atoms with Gasteiger partial charge >= 0.3 is 5.97 Å². The molecule has 4 rings (SSSR count). The van der Waals surface area contributed by atoms with Crippen molar-refractivity contribution in [2.45, 2.75) is 33.9 Å². The largest absolute Gasteiger partial charge is 0.455 e. The number of hydrogen-bond acceptors (Lipinski definition) is 6. The van der Waals surface area contributed by atoms with E-state index >= 15 is 0 Å². The van der Waals surface area contributed by atoms with Gasteiger partial charge in [-0.2, -0.15) is 5.10 Å². The summed E-state index contributed by atoms with van der Waals surface area (Å²) in [5.41, 5.74) is 3.90. The quantitative estimate of drug-likeness (QED) is 0.479. The van der Waals surface area contributed by atoms with Crippen LogP contribution < -0.4 is 0 Å². The van der Waals surface area contributed by atoms with Gasteiger partial charge in [0, 0.05) is 11.5 Å². The van der Waals surface area contributed by atoms with Gasteiger partial charge in [0.2, 0.25) is 0 Å². The Labute approximate surface area is 160 Å². The van der Waals surface area contributed by atoms with Crippen molar-refractivity contribution in [2.75, 3.05) is 0 Å². The fraction of sp³-hybridized carbons (Fsp3) is 0.250. The number of aryl methyl sites for hydroxylation is 3. The van der Waals surface area contributed by atoms with Gasteiger partial charge in [-0.05, 0) is 32.4 Å². The lowest BCUT2D eigenvalue weighted by Crippen LogP contribution is -2.04. The Bertz CT molecular complexity index is 1110. The molecule has 0 aliphatic carbocycles. The molecule has 0 atom stereocenters. The number of ether oxygens (including phenoxy) is 1. The van der Waals surface area contributed by atoms with Gasteiger partial charge in [-0.1, -0.05) is 35.0 Å². The van der Waals surface area contributed by atoms with Gasteiger partial charge in [-0.25, -0.2) is 4.79 Å². The Morgan fingerprint density at radius 3 is 2.67 bits per heavy atom. The highest BCUT2D eigenvalue weighted by atomic mass is 32.1. The van der Waals surface area contributed by atoms with Crippen molar-refractivity contribution in [3.05, 3.63) is 69.6 Å². The normalized spacial score (nSPS) is 11.2. The van der Waals surface area contributed by atoms with E-state index in [0.717, 1.165) is 15.9 Å². The summed E-state index contributed by atoms with van der Waals surface area (Å²) in [6.07, 6.45) is 0. The molecule has 4 aromatic rings. The van der Waals surface area contributed by atoms with Crippen LogP contribution in [0.5, 0.6) is 0 Å². The Morgan fingerprint density at radius 2 is 1.96 bits per heavy atom. The van der Waals surface area contributed by atoms with Gasteiger partial charge in [0.25, 0.3) is 0 Å². The molecule has 0 unspecified atom stereocenters. The van der Waals surface area contributed by atoms with Crippen LogP contribution in [0.2, 0.25) is 0 Å². The first-order valence-electron chi connectivity index (χ1n) is 8.61. The predicted molar refractivity (Wildman–Crippen MR) is 103 cm³/mol. The first kappa shape index (κ1) is 17.5. The molecule has 27 heavy (non-hydrogen) atoms. The highest BCUT2D eigenvalue weighted by molar-refractivity contribution is 7.20. The highest BCUT2D eigenvalue weighted by Crippen LogP contribution is 2.29. The summed E-state index contributed by atoms with van der Waals surface area (Å²) in [6, 6.07) is 12.0. The molecule has 1 aromatic carbocycles. The Hall–Kier alpha value is -2.93. The first-order valence-corrected chi connectivity index (χ1v) is 9.43. The summed E-state index contributed by atoms with van der Waals surface area (Å²) in [7, 11) is 0. The van der Waals surface area contributed by atoms with Crippen molar-refractivity contribution in [2.24, 2.45) is 0 Å². The molecule has 0 amide bonds. The number of fused-ring (bicyclic) bond motifs is 1. The zero-order chi connectivity index (χ0) is 19.0. The van der Waals surface area contributed by atoms with Crippen LogP contribution in [0, 0.1) is 20.8 Å². The number of carbonyl (C=O) groups is 1. The molecule has 0 N–H and O–H groups in total. The smallest absolute Gasteiger partial charge is 0.348 e. The Balaban J connectivity index is 1.54. The second-order valence-electron chi connectivity index (χ2n) is 6.56. The molecule has 0 radical (unpaired) electrons. The van der Waals surface area contributed by atoms with E-state index in [0.29, 0.717) is 22.9 Å². The highest BCUT2D eigenvalue weighted by Gasteiger charge is 2.18. The van der Waals surface area contributed by atoms with Gasteiger partial charge in [-0.15, -0.1) is 11.3 Å². The first-order chi connectivity index (χ1) is 13.0. The van der Waals surface area contributed by atoms with Crippen molar-refractivity contribution in [3.63, 3.8) is 0 Å². The molecular formula is C20H19N3O3S. The zero-order valence-corrected chi connectivity index (χ0v) is 16.2. The van der Waals surface area contributed by atoms with Gasteiger partial charge in [0.1, 0.15) is 27.8 Å². The van der Waals surface area contributed by atoms with Gasteiger partial charge in [0.05, 0.1) is 12.2 Å². The molecule has 3 heterocycles. The lowest BCUT2D eigenvalue weighted by molar-refractivity contribution is 0.0470. The lowest BCUT2D eigenvalue weighted by Gasteiger charge is -2.03. The van der Waals surface area contributed by atoms with E-state index in [1.807, 2.05) is 17.7 Å². The SMILES string of the molecule is Cc1ccc(Cn2nc(C)c3cc(C(=O)OCc4cc(C)on4)sc32)cc1. The van der Waals surface area contributed by atoms with Crippen LogP contribution in [0.1, 0.15) is 37.9 Å². The number of benzene rings is 1. The van der Waals surface area contributed by atoms with Gasteiger partial charge in [0.15, 0.2) is 0 Å². The van der Waals surface area contributed by atoms with E-state index in [1.165, 1.54) is 22.5 Å². The van der Waals surface area contributed by atoms with Crippen LogP contribution >= 0.6 is 11.3 Å². The molecule has 7 heteroatoms. The lowest BCUT2D eigenvalue weighted by atomic mass is 10.1. The maximum Gasteiger partial charge on any atom is 0.348 e. The zero-order valence-electron chi connectivity index (χ0n) is 15.4. The minimum atomic E-state index is -0.363. The van der Waals surface area contributed by atoms with E-state index in [9.17, 15) is 4.79 Å². The molecule has 0 saturated heterocycles. The summed E-state index contributed by atoms with van der Waals surface area (Å²) in [5, 5.41) is 9.43. The molecular weight excluding hydrogens is 362 g/mol. The maximum absolute atomic E-state index is 12.4. The number of hydrogen-bond donors (Lipinski definition) is 0. The fourth-order valence-corrected chi connectivity index (χ4v) is 3.94. The van der Waals surface area contributed by atoms with Crippen LogP contribution in [0.15, 0.2) is 40.9 Å². The Morgan fingerprint density at radius 1 is 1.19 bits per heavy atom. The average molecular weight is 381 g/mol. The fourth-order valence-electron chi connectivity index (χ4n) is 2.88. The molecule has 0 aliphatic heterocycles. The third-order valence-electron chi connectivity index (χ3n) is 4.29. The molecule has 138 valence electrons. The Kier molecular flexibility index (Phi) is 4.53. The summed E-state index contributed by atoms with van der Waals surface area (Å²) in [6.45, 7) is 6.58. The monoisotopic (exact) mass is 381 g/mol. The van der Waals surface area contributed by atoms with Crippen LogP contribution in [0.25, 0.3) is 10.2 Å².